The van der Waals surface area contributed by atoms with Crippen LogP contribution in [0.2, 0.25) is 5.04 Å². The van der Waals surface area contributed by atoms with Crippen LogP contribution < -0.4 is 0 Å². The fraction of sp³-hybridized carbons (Fsp3) is 0.600. The van der Waals surface area contributed by atoms with Gasteiger partial charge < -0.3 is 4.57 Å². The first-order valence-corrected chi connectivity index (χ1v) is 6.11. The van der Waals surface area contributed by atoms with Crippen LogP contribution in [0.15, 0.2) is 11.1 Å². The molecule has 2 amide bonds. The monoisotopic (exact) mass is 211 g/mol. The summed E-state index contributed by atoms with van der Waals surface area (Å²) in [5.74, 6) is -0.150. The predicted molar refractivity (Wildman–Crippen MR) is 58.5 cm³/mol. The zero-order valence-electron chi connectivity index (χ0n) is 9.47. The minimum Gasteiger partial charge on any atom is -0.310 e. The van der Waals surface area contributed by atoms with Crippen molar-refractivity contribution in [1.82, 2.24) is 4.57 Å². The van der Waals surface area contributed by atoms with Gasteiger partial charge in [-0.05, 0) is 18.9 Å². The third-order valence-corrected chi connectivity index (χ3v) is 4.17. The van der Waals surface area contributed by atoms with E-state index in [1.807, 2.05) is 0 Å². The van der Waals surface area contributed by atoms with Crippen molar-refractivity contribution in [2.45, 2.75) is 39.7 Å². The Morgan fingerprint density at radius 1 is 1.00 bits per heavy atom. The Kier molecular flexibility index (Phi) is 2.67. The minimum atomic E-state index is -0.840. The number of hydrogen-bond donors (Lipinski definition) is 0. The van der Waals surface area contributed by atoms with Crippen molar-refractivity contribution in [2.75, 3.05) is 0 Å². The van der Waals surface area contributed by atoms with Crippen LogP contribution in [0.5, 0.6) is 0 Å². The third-order valence-electron chi connectivity index (χ3n) is 2.33. The molecule has 0 saturated heterocycles. The molecule has 78 valence electrons. The highest BCUT2D eigenvalue weighted by Gasteiger charge is 2.35. The van der Waals surface area contributed by atoms with Gasteiger partial charge in [0.15, 0.2) is 0 Å². The van der Waals surface area contributed by atoms with E-state index in [-0.39, 0.29) is 16.9 Å². The van der Waals surface area contributed by atoms with Gasteiger partial charge in [0, 0.05) is 11.1 Å². The molecule has 0 aliphatic carbocycles. The van der Waals surface area contributed by atoms with Gasteiger partial charge >= 0.3 is 0 Å². The second-order valence-electron chi connectivity index (χ2n) is 5.01. The van der Waals surface area contributed by atoms with Crippen LogP contribution in [0.4, 0.5) is 0 Å². The second-order valence-corrected chi connectivity index (χ2v) is 8.08. The standard InChI is InChI=1S/C10H17NO2Si/c1-6-7(2)9(13)11(8(6)12)14-10(3,4)5/h14H2,1-5H3. The van der Waals surface area contributed by atoms with Gasteiger partial charge in [0.1, 0.15) is 9.68 Å². The van der Waals surface area contributed by atoms with E-state index in [4.69, 9.17) is 0 Å². The number of rotatable bonds is 1. The summed E-state index contributed by atoms with van der Waals surface area (Å²) in [5.41, 5.74) is 1.23. The van der Waals surface area contributed by atoms with Crippen LogP contribution >= 0.6 is 0 Å². The summed E-state index contributed by atoms with van der Waals surface area (Å²) in [5, 5.41) is 0.0935. The van der Waals surface area contributed by atoms with Gasteiger partial charge in [-0.15, -0.1) is 0 Å². The fourth-order valence-electron chi connectivity index (χ4n) is 1.44. The topological polar surface area (TPSA) is 37.4 Å². The van der Waals surface area contributed by atoms with Gasteiger partial charge in [0.25, 0.3) is 0 Å². The number of imide groups is 1. The third kappa shape index (κ3) is 1.95. The number of amides is 2. The lowest BCUT2D eigenvalue weighted by atomic mass is 10.2. The normalized spacial score (nSPS) is 19.4. The summed E-state index contributed by atoms with van der Waals surface area (Å²) in [6.07, 6.45) is 0. The first kappa shape index (κ1) is 11.2. The molecule has 0 spiro atoms. The summed E-state index contributed by atoms with van der Waals surface area (Å²) in [7, 11) is -0.840. The Morgan fingerprint density at radius 2 is 1.36 bits per heavy atom. The summed E-state index contributed by atoms with van der Waals surface area (Å²) in [6, 6.07) is 0. The van der Waals surface area contributed by atoms with Gasteiger partial charge in [0.05, 0.1) is 0 Å². The van der Waals surface area contributed by atoms with Crippen LogP contribution in [0.1, 0.15) is 34.6 Å². The zero-order chi connectivity index (χ0) is 11.1. The Morgan fingerprint density at radius 3 is 1.64 bits per heavy atom. The molecule has 0 unspecified atom stereocenters. The van der Waals surface area contributed by atoms with Crippen LogP contribution in [0, 0.1) is 0 Å². The quantitative estimate of drug-likeness (QED) is 0.479. The Balaban J connectivity index is 2.88. The SMILES string of the molecule is CC1=C(C)C(=O)N([SiH2]C(C)(C)C)C1=O. The Labute approximate surface area is 87.1 Å². The van der Waals surface area contributed by atoms with Gasteiger partial charge in [0.2, 0.25) is 11.8 Å². The Hall–Kier alpha value is -0.903. The maximum Gasteiger partial charge on any atom is 0.248 e. The molecule has 1 aliphatic heterocycles. The van der Waals surface area contributed by atoms with Gasteiger partial charge in [-0.3, -0.25) is 9.59 Å². The van der Waals surface area contributed by atoms with Crippen molar-refractivity contribution in [3.63, 3.8) is 0 Å². The van der Waals surface area contributed by atoms with Gasteiger partial charge in [-0.25, -0.2) is 0 Å². The fourth-order valence-corrected chi connectivity index (χ4v) is 3.15. The van der Waals surface area contributed by atoms with E-state index in [1.165, 1.54) is 4.57 Å². The second kappa shape index (κ2) is 3.35. The number of carbonyl (C=O) groups excluding carboxylic acids is 2. The molecular weight excluding hydrogens is 194 g/mol. The summed E-state index contributed by atoms with van der Waals surface area (Å²) in [4.78, 5) is 23.4. The molecule has 0 N–H and O–H groups in total. The molecule has 0 aromatic carbocycles. The average Bonchev–Trinajstić information content (AvgIpc) is 2.20. The van der Waals surface area contributed by atoms with Crippen LogP contribution in [0.3, 0.4) is 0 Å². The van der Waals surface area contributed by atoms with E-state index in [0.717, 1.165) is 0 Å². The molecule has 0 fully saturated rings. The Bertz CT molecular complexity index is 302. The maximum absolute atomic E-state index is 11.7. The molecule has 4 heteroatoms. The molecule has 3 nitrogen and oxygen atoms in total. The maximum atomic E-state index is 11.7. The molecule has 0 atom stereocenters. The van der Waals surface area contributed by atoms with Gasteiger partial charge in [-0.1, -0.05) is 20.8 Å². The minimum absolute atomic E-state index is 0.0749. The molecule has 1 heterocycles. The van der Waals surface area contributed by atoms with Crippen molar-refractivity contribution in [3.05, 3.63) is 11.1 Å². The molecule has 0 bridgehead atoms. The molecule has 0 saturated carbocycles. The van der Waals surface area contributed by atoms with E-state index in [2.05, 4.69) is 20.8 Å². The molecule has 0 aromatic rings. The highest BCUT2D eigenvalue weighted by molar-refractivity contribution is 6.49. The van der Waals surface area contributed by atoms with Gasteiger partial charge in [-0.2, -0.15) is 0 Å². The smallest absolute Gasteiger partial charge is 0.248 e. The van der Waals surface area contributed by atoms with Crippen molar-refractivity contribution >= 4 is 21.5 Å². The molecule has 1 aliphatic rings. The lowest BCUT2D eigenvalue weighted by Crippen LogP contribution is -2.39. The largest absolute Gasteiger partial charge is 0.310 e. The van der Waals surface area contributed by atoms with E-state index in [1.54, 1.807) is 13.8 Å². The number of nitrogens with zero attached hydrogens (tertiary/aromatic N) is 1. The predicted octanol–water partition coefficient (Wildman–Crippen LogP) is 0.994. The van der Waals surface area contributed by atoms with Crippen molar-refractivity contribution in [3.8, 4) is 0 Å². The van der Waals surface area contributed by atoms with Crippen molar-refractivity contribution < 1.29 is 9.59 Å². The lowest BCUT2D eigenvalue weighted by molar-refractivity contribution is -0.132. The number of hydrogen-bond acceptors (Lipinski definition) is 2. The summed E-state index contributed by atoms with van der Waals surface area (Å²) in [6.45, 7) is 9.67. The van der Waals surface area contributed by atoms with Crippen molar-refractivity contribution in [2.24, 2.45) is 0 Å². The molecule has 0 radical (unpaired) electrons. The van der Waals surface area contributed by atoms with E-state index in [9.17, 15) is 9.59 Å². The average molecular weight is 211 g/mol. The van der Waals surface area contributed by atoms with E-state index < -0.39 is 9.68 Å². The molecule has 14 heavy (non-hydrogen) atoms. The number of carbonyl (C=O) groups is 2. The molecular formula is C10H17NO2Si. The van der Waals surface area contributed by atoms with E-state index in [0.29, 0.717) is 11.1 Å². The summed E-state index contributed by atoms with van der Waals surface area (Å²) >= 11 is 0. The van der Waals surface area contributed by atoms with E-state index >= 15 is 0 Å². The van der Waals surface area contributed by atoms with Crippen LogP contribution in [0.25, 0.3) is 0 Å². The molecule has 0 aromatic heterocycles. The highest BCUT2D eigenvalue weighted by Crippen LogP contribution is 2.27. The zero-order valence-corrected chi connectivity index (χ0v) is 10.9. The van der Waals surface area contributed by atoms with Crippen molar-refractivity contribution in [1.29, 1.82) is 0 Å². The first-order chi connectivity index (χ1) is 6.24. The lowest BCUT2D eigenvalue weighted by Gasteiger charge is -2.24. The van der Waals surface area contributed by atoms with Crippen LogP contribution in [-0.4, -0.2) is 26.1 Å². The molecule has 1 rings (SSSR count). The van der Waals surface area contributed by atoms with Crippen LogP contribution in [-0.2, 0) is 9.59 Å². The first-order valence-electron chi connectivity index (χ1n) is 4.78. The highest BCUT2D eigenvalue weighted by atomic mass is 28.2. The summed E-state index contributed by atoms with van der Waals surface area (Å²) < 4.78 is 1.48.